The van der Waals surface area contributed by atoms with Crippen LogP contribution in [0.1, 0.15) is 37.1 Å². The number of aromatic amines is 1. The van der Waals surface area contributed by atoms with E-state index in [-0.39, 0.29) is 41.4 Å². The van der Waals surface area contributed by atoms with Crippen molar-refractivity contribution >= 4 is 28.5 Å². The Kier molecular flexibility index (Phi) is 9.02. The minimum atomic E-state index is -4.57. The third-order valence-electron chi connectivity index (χ3n) is 5.56. The number of H-pyrrole nitrogens is 1. The molecule has 3 rings (SSSR count). The van der Waals surface area contributed by atoms with Gasteiger partial charge in [-0.25, -0.2) is 13.8 Å². The zero-order valence-electron chi connectivity index (χ0n) is 20.7. The van der Waals surface area contributed by atoms with Gasteiger partial charge < -0.3 is 19.8 Å². The highest BCUT2D eigenvalue weighted by Crippen LogP contribution is 2.28. The number of likely N-dealkylation sites (N-methyl/N-ethyl adjacent to an activating group) is 1. The summed E-state index contributed by atoms with van der Waals surface area (Å²) in [5.41, 5.74) is -1.24. The Morgan fingerprint density at radius 3 is 2.66 bits per heavy atom. The quantitative estimate of drug-likeness (QED) is 0.228. The number of amides is 2. The van der Waals surface area contributed by atoms with Gasteiger partial charge in [0.1, 0.15) is 11.5 Å². The molecule has 2 N–H and O–H groups in total. The first kappa shape index (κ1) is 28.5. The van der Waals surface area contributed by atoms with Crippen LogP contribution in [0.15, 0.2) is 41.3 Å². The van der Waals surface area contributed by atoms with Crippen LogP contribution in [0.5, 0.6) is 0 Å². The van der Waals surface area contributed by atoms with E-state index in [4.69, 9.17) is 0 Å². The number of nitrogens with one attached hydrogen (secondary N) is 2. The van der Waals surface area contributed by atoms with E-state index in [1.165, 1.54) is 33.9 Å². The Morgan fingerprint density at radius 1 is 1.24 bits per heavy atom. The summed E-state index contributed by atoms with van der Waals surface area (Å²) in [6, 6.07) is 3.71. The summed E-state index contributed by atoms with van der Waals surface area (Å²) in [6.45, 7) is -0.191. The Balaban J connectivity index is 1.71. The molecule has 0 fully saturated rings. The highest BCUT2D eigenvalue weighted by Gasteiger charge is 2.29. The van der Waals surface area contributed by atoms with Gasteiger partial charge in [-0.1, -0.05) is 6.08 Å². The van der Waals surface area contributed by atoms with Crippen molar-refractivity contribution in [3.8, 4) is 0 Å². The predicted octanol–water partition coefficient (Wildman–Crippen LogP) is 4.30. The number of aromatic nitrogens is 3. The Morgan fingerprint density at radius 2 is 1.97 bits per heavy atom. The van der Waals surface area contributed by atoms with Crippen LogP contribution in [-0.2, 0) is 22.6 Å². The van der Waals surface area contributed by atoms with Crippen molar-refractivity contribution in [1.82, 2.24) is 19.4 Å². The molecule has 38 heavy (non-hydrogen) atoms. The number of halogens is 5. The van der Waals surface area contributed by atoms with Gasteiger partial charge in [-0.3, -0.25) is 14.4 Å². The number of carbonyl (C=O) groups excluding carboxylic acids is 2. The fourth-order valence-electron chi connectivity index (χ4n) is 3.62. The first-order valence-electron chi connectivity index (χ1n) is 11.6. The van der Waals surface area contributed by atoms with Crippen LogP contribution in [0.2, 0.25) is 0 Å². The molecule has 0 saturated carbocycles. The summed E-state index contributed by atoms with van der Waals surface area (Å²) < 4.78 is 67.4. The molecule has 0 bridgehead atoms. The number of hydrogen-bond donors (Lipinski definition) is 2. The number of nitrogens with zero attached hydrogens (tertiary/aromatic N) is 3. The van der Waals surface area contributed by atoms with Gasteiger partial charge in [0.2, 0.25) is 11.8 Å². The number of aryl methyl sites for hydroxylation is 1. The number of carbonyl (C=O) groups is 2. The summed E-state index contributed by atoms with van der Waals surface area (Å²) >= 11 is 0. The molecule has 1 aromatic carbocycles. The average molecular weight is 540 g/mol. The normalized spacial score (nSPS) is 11.9. The average Bonchev–Trinajstić information content (AvgIpc) is 3.22. The molecule has 0 aliphatic rings. The van der Waals surface area contributed by atoms with E-state index in [9.17, 15) is 36.3 Å². The van der Waals surface area contributed by atoms with Gasteiger partial charge >= 0.3 is 6.18 Å². The first-order valence-corrected chi connectivity index (χ1v) is 11.6. The number of anilines is 1. The number of alkyl halides is 3. The number of imidazole rings is 1. The highest BCUT2D eigenvalue weighted by atomic mass is 19.4. The second-order valence-electron chi connectivity index (χ2n) is 8.78. The molecule has 2 aromatic heterocycles. The summed E-state index contributed by atoms with van der Waals surface area (Å²) in [5, 5.41) is 2.53. The maximum Gasteiger partial charge on any atom is 0.389 e. The molecule has 204 valence electrons. The molecule has 0 atom stereocenters. The molecule has 0 unspecified atom stereocenters. The smallest absolute Gasteiger partial charge is 0.345 e. The molecule has 0 aliphatic heterocycles. The predicted molar refractivity (Wildman–Crippen MR) is 131 cm³/mol. The van der Waals surface area contributed by atoms with E-state index < -0.39 is 47.7 Å². The largest absolute Gasteiger partial charge is 0.389 e. The molecule has 0 radical (unpaired) electrons. The summed E-state index contributed by atoms with van der Waals surface area (Å²) in [7, 11) is 3.24. The molecule has 2 amide bonds. The van der Waals surface area contributed by atoms with Gasteiger partial charge in [0.15, 0.2) is 11.6 Å². The topological polar surface area (TPSA) is 100 Å². The number of unbranched alkanes of at least 4 members (excludes halogenated alkanes) is 1. The third kappa shape index (κ3) is 7.49. The van der Waals surface area contributed by atoms with Crippen molar-refractivity contribution in [2.24, 2.45) is 0 Å². The lowest BCUT2D eigenvalue weighted by atomic mass is 10.1. The van der Waals surface area contributed by atoms with E-state index in [0.29, 0.717) is 12.8 Å². The molecule has 13 heteroatoms. The molecule has 8 nitrogen and oxygen atoms in total. The lowest BCUT2D eigenvalue weighted by molar-refractivity contribution is -0.134. The molecule has 3 aromatic rings. The van der Waals surface area contributed by atoms with Crippen molar-refractivity contribution in [1.29, 1.82) is 0 Å². The number of benzene rings is 1. The number of fused-ring (bicyclic) bond motifs is 1. The first-order chi connectivity index (χ1) is 17.9. The van der Waals surface area contributed by atoms with E-state index in [1.807, 2.05) is 0 Å². The minimum Gasteiger partial charge on any atom is -0.345 e. The molecular weight excluding hydrogens is 513 g/mol. The van der Waals surface area contributed by atoms with Crippen LogP contribution in [0.25, 0.3) is 11.0 Å². The Labute approximate surface area is 214 Å². The summed E-state index contributed by atoms with van der Waals surface area (Å²) in [4.78, 5) is 44.8. The second-order valence-corrected chi connectivity index (χ2v) is 8.78. The van der Waals surface area contributed by atoms with Crippen LogP contribution < -0.4 is 10.9 Å². The van der Waals surface area contributed by atoms with Crippen molar-refractivity contribution in [3.05, 3.63) is 69.9 Å². The van der Waals surface area contributed by atoms with Crippen LogP contribution in [0.3, 0.4) is 0 Å². The zero-order valence-corrected chi connectivity index (χ0v) is 20.7. The summed E-state index contributed by atoms with van der Waals surface area (Å²) in [5.74, 6) is -3.20. The summed E-state index contributed by atoms with van der Waals surface area (Å²) in [6.07, 6.45) is -1.19. The fourth-order valence-corrected chi connectivity index (χ4v) is 3.62. The van der Waals surface area contributed by atoms with Crippen LogP contribution >= 0.6 is 0 Å². The number of hydrogen-bond acceptors (Lipinski definition) is 4. The lowest BCUT2D eigenvalue weighted by Crippen LogP contribution is -2.26. The van der Waals surface area contributed by atoms with Gasteiger partial charge in [0.05, 0.1) is 17.6 Å². The maximum atomic E-state index is 14.3. The van der Waals surface area contributed by atoms with Crippen LogP contribution in [0.4, 0.5) is 27.6 Å². The van der Waals surface area contributed by atoms with Crippen LogP contribution in [-0.4, -0.2) is 51.5 Å². The SMILES string of the molecule is CN(C)C(=O)/C=C/CCCC(=O)Nc1cccn(Cc2nc3c(CCC(F)(F)F)c(F)c(F)cc3[nH]2)c1=O. The van der Waals surface area contributed by atoms with E-state index in [1.54, 1.807) is 20.2 Å². The van der Waals surface area contributed by atoms with Crippen molar-refractivity contribution in [2.45, 2.75) is 44.8 Å². The number of pyridine rings is 1. The second kappa shape index (κ2) is 12.0. The van der Waals surface area contributed by atoms with Gasteiger partial charge in [-0.2, -0.15) is 13.2 Å². The number of allylic oxidation sites excluding steroid dienone is 1. The zero-order chi connectivity index (χ0) is 28.0. The lowest BCUT2D eigenvalue weighted by Gasteiger charge is -2.08. The number of rotatable bonds is 10. The minimum absolute atomic E-state index is 0.00471. The van der Waals surface area contributed by atoms with E-state index in [2.05, 4.69) is 15.3 Å². The fraction of sp³-hybridized carbons (Fsp3) is 0.360. The molecule has 0 spiro atoms. The van der Waals surface area contributed by atoms with Gasteiger partial charge in [0, 0.05) is 44.8 Å². The van der Waals surface area contributed by atoms with Crippen molar-refractivity contribution in [3.63, 3.8) is 0 Å². The van der Waals surface area contributed by atoms with Crippen molar-refractivity contribution in [2.75, 3.05) is 19.4 Å². The van der Waals surface area contributed by atoms with Gasteiger partial charge in [0.25, 0.3) is 5.56 Å². The Bertz CT molecular complexity index is 1410. The molecule has 0 aliphatic carbocycles. The van der Waals surface area contributed by atoms with Crippen molar-refractivity contribution < 1.29 is 31.5 Å². The Hall–Kier alpha value is -4.03. The monoisotopic (exact) mass is 539 g/mol. The molecular formula is C25H26F5N5O3. The van der Waals surface area contributed by atoms with Gasteiger partial charge in [-0.15, -0.1) is 0 Å². The third-order valence-corrected chi connectivity index (χ3v) is 5.56. The molecule has 2 heterocycles. The highest BCUT2D eigenvalue weighted by molar-refractivity contribution is 5.90. The van der Waals surface area contributed by atoms with E-state index in [0.717, 1.165) is 6.07 Å². The van der Waals surface area contributed by atoms with E-state index >= 15 is 0 Å². The maximum absolute atomic E-state index is 14.3. The standard InChI is InChI=1S/C25H26F5N5O3/c1-34(2)21(37)9-5-3-4-8-20(36)32-17-7-6-12-35(24(17)38)14-19-31-18-13-16(26)22(27)15(23(18)33-19)10-11-25(28,29)30/h5-7,9,12-13H,3-4,8,10-11,14H2,1-2H3,(H,31,33)(H,32,36)/b9-5+. The van der Waals surface area contributed by atoms with Crippen LogP contribution in [0, 0.1) is 11.6 Å². The molecule has 0 saturated heterocycles. The van der Waals surface area contributed by atoms with Gasteiger partial charge in [-0.05, 0) is 37.5 Å².